The number of rotatable bonds is 8. The summed E-state index contributed by atoms with van der Waals surface area (Å²) in [6, 6.07) is 23.7. The molecule has 0 saturated carbocycles. The SMILES string of the molecule is COc1ccc(OCCNC(=O)Nc2ccc(Oc3ccccc3)cc2)cc1. The van der Waals surface area contributed by atoms with E-state index < -0.39 is 0 Å². The Hall–Kier alpha value is -3.67. The van der Waals surface area contributed by atoms with Gasteiger partial charge in [0.05, 0.1) is 13.7 Å². The highest BCUT2D eigenvalue weighted by Gasteiger charge is 2.03. The molecule has 0 spiro atoms. The molecule has 0 unspecified atom stereocenters. The average Bonchev–Trinajstić information content (AvgIpc) is 2.74. The molecular weight excluding hydrogens is 356 g/mol. The summed E-state index contributed by atoms with van der Waals surface area (Å²) >= 11 is 0. The molecule has 6 heteroatoms. The molecule has 144 valence electrons. The van der Waals surface area contributed by atoms with Gasteiger partial charge in [-0.1, -0.05) is 18.2 Å². The van der Waals surface area contributed by atoms with Crippen molar-refractivity contribution in [1.29, 1.82) is 0 Å². The highest BCUT2D eigenvalue weighted by Crippen LogP contribution is 2.22. The number of carbonyl (C=O) groups excluding carboxylic acids is 1. The molecule has 0 aliphatic heterocycles. The lowest BCUT2D eigenvalue weighted by Gasteiger charge is -2.10. The van der Waals surface area contributed by atoms with Gasteiger partial charge in [-0.3, -0.25) is 0 Å². The molecule has 0 radical (unpaired) electrons. The van der Waals surface area contributed by atoms with Gasteiger partial charge >= 0.3 is 6.03 Å². The molecule has 0 aliphatic carbocycles. The van der Waals surface area contributed by atoms with Crippen molar-refractivity contribution in [1.82, 2.24) is 5.32 Å². The third kappa shape index (κ3) is 5.95. The number of hydrogen-bond acceptors (Lipinski definition) is 4. The maximum Gasteiger partial charge on any atom is 0.319 e. The molecule has 2 amide bonds. The van der Waals surface area contributed by atoms with Gasteiger partial charge in [-0.15, -0.1) is 0 Å². The Labute approximate surface area is 164 Å². The van der Waals surface area contributed by atoms with Crippen LogP contribution in [0.25, 0.3) is 0 Å². The van der Waals surface area contributed by atoms with Crippen LogP contribution in [0.2, 0.25) is 0 Å². The second kappa shape index (κ2) is 9.87. The van der Waals surface area contributed by atoms with Gasteiger partial charge in [0.15, 0.2) is 0 Å². The topological polar surface area (TPSA) is 68.8 Å². The number of nitrogens with one attached hydrogen (secondary N) is 2. The Morgan fingerprint density at radius 3 is 2.07 bits per heavy atom. The van der Waals surface area contributed by atoms with Gasteiger partial charge in [-0.05, 0) is 60.7 Å². The largest absolute Gasteiger partial charge is 0.497 e. The number of benzene rings is 3. The maximum atomic E-state index is 12.0. The van der Waals surface area contributed by atoms with Gasteiger partial charge < -0.3 is 24.8 Å². The van der Waals surface area contributed by atoms with Crippen molar-refractivity contribution < 1.29 is 19.0 Å². The monoisotopic (exact) mass is 378 g/mol. The summed E-state index contributed by atoms with van der Waals surface area (Å²) < 4.78 is 16.4. The van der Waals surface area contributed by atoms with Crippen LogP contribution in [0.5, 0.6) is 23.0 Å². The second-order valence-electron chi connectivity index (χ2n) is 5.84. The Kier molecular flexibility index (Phi) is 6.73. The number of ether oxygens (including phenoxy) is 3. The Morgan fingerprint density at radius 1 is 0.786 bits per heavy atom. The summed E-state index contributed by atoms with van der Waals surface area (Å²) in [7, 11) is 1.61. The number of anilines is 1. The van der Waals surface area contributed by atoms with Crippen LogP contribution in [0.3, 0.4) is 0 Å². The van der Waals surface area contributed by atoms with Crippen LogP contribution in [-0.4, -0.2) is 26.3 Å². The third-order valence-corrected chi connectivity index (χ3v) is 3.81. The van der Waals surface area contributed by atoms with Crippen molar-refractivity contribution in [3.05, 3.63) is 78.9 Å². The highest BCUT2D eigenvalue weighted by molar-refractivity contribution is 5.89. The predicted octanol–water partition coefficient (Wildman–Crippen LogP) is 4.69. The molecule has 0 aliphatic rings. The first-order valence-corrected chi connectivity index (χ1v) is 8.87. The summed E-state index contributed by atoms with van der Waals surface area (Å²) in [4.78, 5) is 12.0. The van der Waals surface area contributed by atoms with Gasteiger partial charge in [0.2, 0.25) is 0 Å². The quantitative estimate of drug-likeness (QED) is 0.558. The minimum absolute atomic E-state index is 0.296. The smallest absolute Gasteiger partial charge is 0.319 e. The maximum absolute atomic E-state index is 12.0. The number of hydrogen-bond donors (Lipinski definition) is 2. The van der Waals surface area contributed by atoms with Gasteiger partial charge in [0.25, 0.3) is 0 Å². The zero-order valence-electron chi connectivity index (χ0n) is 15.6. The van der Waals surface area contributed by atoms with E-state index in [4.69, 9.17) is 14.2 Å². The van der Waals surface area contributed by atoms with Gasteiger partial charge in [-0.25, -0.2) is 4.79 Å². The van der Waals surface area contributed by atoms with Gasteiger partial charge in [0.1, 0.15) is 29.6 Å². The fourth-order valence-corrected chi connectivity index (χ4v) is 2.41. The van der Waals surface area contributed by atoms with E-state index in [0.29, 0.717) is 24.6 Å². The zero-order valence-corrected chi connectivity index (χ0v) is 15.6. The van der Waals surface area contributed by atoms with Crippen LogP contribution < -0.4 is 24.8 Å². The molecule has 0 atom stereocenters. The summed E-state index contributed by atoms with van der Waals surface area (Å²) in [5, 5.41) is 5.52. The first kappa shape index (κ1) is 19.1. The summed E-state index contributed by atoms with van der Waals surface area (Å²) in [6.07, 6.45) is 0. The van der Waals surface area contributed by atoms with E-state index in [9.17, 15) is 4.79 Å². The summed E-state index contributed by atoms with van der Waals surface area (Å²) in [5.41, 5.74) is 0.675. The fraction of sp³-hybridized carbons (Fsp3) is 0.136. The summed E-state index contributed by atoms with van der Waals surface area (Å²) in [6.45, 7) is 0.747. The number of para-hydroxylation sites is 1. The van der Waals surface area contributed by atoms with Crippen LogP contribution in [0.15, 0.2) is 78.9 Å². The molecule has 0 fully saturated rings. The van der Waals surface area contributed by atoms with E-state index in [-0.39, 0.29) is 6.03 Å². The molecule has 0 heterocycles. The van der Waals surface area contributed by atoms with Gasteiger partial charge in [0, 0.05) is 5.69 Å². The zero-order chi connectivity index (χ0) is 19.6. The lowest BCUT2D eigenvalue weighted by molar-refractivity contribution is 0.247. The molecule has 28 heavy (non-hydrogen) atoms. The lowest BCUT2D eigenvalue weighted by Crippen LogP contribution is -2.32. The number of carbonyl (C=O) groups is 1. The van der Waals surface area contributed by atoms with E-state index in [1.165, 1.54) is 0 Å². The van der Waals surface area contributed by atoms with Gasteiger partial charge in [-0.2, -0.15) is 0 Å². The standard InChI is InChI=1S/C22H22N2O4/c1-26-18-11-13-19(14-12-18)27-16-15-23-22(25)24-17-7-9-21(10-8-17)28-20-5-3-2-4-6-20/h2-14H,15-16H2,1H3,(H2,23,24,25). The molecule has 0 saturated heterocycles. The Morgan fingerprint density at radius 2 is 1.39 bits per heavy atom. The van der Waals surface area contributed by atoms with Crippen LogP contribution in [0.4, 0.5) is 10.5 Å². The molecule has 6 nitrogen and oxygen atoms in total. The molecule has 3 aromatic carbocycles. The minimum atomic E-state index is -0.296. The van der Waals surface area contributed by atoms with Crippen molar-refractivity contribution in [3.8, 4) is 23.0 Å². The van der Waals surface area contributed by atoms with E-state index in [1.807, 2.05) is 54.6 Å². The highest BCUT2D eigenvalue weighted by atomic mass is 16.5. The van der Waals surface area contributed by atoms with E-state index in [2.05, 4.69) is 10.6 Å². The Balaban J connectivity index is 1.38. The minimum Gasteiger partial charge on any atom is -0.497 e. The van der Waals surface area contributed by atoms with Crippen LogP contribution in [0, 0.1) is 0 Å². The molecule has 0 aromatic heterocycles. The third-order valence-electron chi connectivity index (χ3n) is 3.81. The van der Waals surface area contributed by atoms with Crippen molar-refractivity contribution >= 4 is 11.7 Å². The fourth-order valence-electron chi connectivity index (χ4n) is 2.41. The molecule has 3 aromatic rings. The molecule has 2 N–H and O–H groups in total. The summed E-state index contributed by atoms with van der Waals surface area (Å²) in [5.74, 6) is 2.95. The number of urea groups is 1. The van der Waals surface area contributed by atoms with E-state index >= 15 is 0 Å². The Bertz CT molecular complexity index is 865. The first-order valence-electron chi connectivity index (χ1n) is 8.87. The molecule has 3 rings (SSSR count). The van der Waals surface area contributed by atoms with E-state index in [1.54, 1.807) is 31.4 Å². The lowest BCUT2D eigenvalue weighted by atomic mass is 10.3. The normalized spacial score (nSPS) is 10.0. The van der Waals surface area contributed by atoms with Crippen molar-refractivity contribution in [3.63, 3.8) is 0 Å². The second-order valence-corrected chi connectivity index (χ2v) is 5.84. The van der Waals surface area contributed by atoms with Crippen LogP contribution in [0.1, 0.15) is 0 Å². The first-order chi connectivity index (χ1) is 13.7. The molecule has 0 bridgehead atoms. The van der Waals surface area contributed by atoms with E-state index in [0.717, 1.165) is 17.2 Å². The number of methoxy groups -OCH3 is 1. The van der Waals surface area contributed by atoms with Crippen LogP contribution in [-0.2, 0) is 0 Å². The van der Waals surface area contributed by atoms with Crippen molar-refractivity contribution in [2.45, 2.75) is 0 Å². The van der Waals surface area contributed by atoms with Crippen molar-refractivity contribution in [2.75, 3.05) is 25.6 Å². The molecular formula is C22H22N2O4. The predicted molar refractivity (Wildman–Crippen MR) is 108 cm³/mol. The van der Waals surface area contributed by atoms with Crippen LogP contribution >= 0.6 is 0 Å². The number of amides is 2. The average molecular weight is 378 g/mol. The van der Waals surface area contributed by atoms with Crippen molar-refractivity contribution in [2.24, 2.45) is 0 Å².